The molecule has 2 rings (SSSR count). The van der Waals surface area contributed by atoms with E-state index >= 15 is 0 Å². The zero-order valence-corrected chi connectivity index (χ0v) is 11.3. The number of primary amides is 1. The molecule has 1 aliphatic rings. The molecule has 2 amide bonds. The number of nitrogens with zero attached hydrogens (tertiary/aromatic N) is 2. The van der Waals surface area contributed by atoms with E-state index in [-0.39, 0.29) is 24.6 Å². The van der Waals surface area contributed by atoms with Crippen molar-refractivity contribution in [1.29, 1.82) is 5.26 Å². The van der Waals surface area contributed by atoms with E-state index in [1.165, 1.54) is 4.90 Å². The van der Waals surface area contributed by atoms with Crippen LogP contribution in [0.5, 0.6) is 0 Å². The summed E-state index contributed by atoms with van der Waals surface area (Å²) in [6.07, 6.45) is 0. The highest BCUT2D eigenvalue weighted by atomic mass is 19.1. The molecule has 1 aromatic rings. The molecule has 1 saturated heterocycles. The fourth-order valence-corrected chi connectivity index (χ4v) is 2.50. The van der Waals surface area contributed by atoms with Crippen LogP contribution in [0.4, 0.5) is 8.78 Å². The molecular formula is C14H13F2N3O2. The molecule has 0 aliphatic carbocycles. The first-order valence-corrected chi connectivity index (χ1v) is 6.33. The summed E-state index contributed by atoms with van der Waals surface area (Å²) in [6.45, 7) is 1.98. The number of nitriles is 1. The van der Waals surface area contributed by atoms with Crippen molar-refractivity contribution < 1.29 is 18.4 Å². The minimum atomic E-state index is -1.09. The smallest absolute Gasteiger partial charge is 0.259 e. The summed E-state index contributed by atoms with van der Waals surface area (Å²) < 4.78 is 27.6. The van der Waals surface area contributed by atoms with Crippen molar-refractivity contribution in [2.24, 2.45) is 17.6 Å². The SMILES string of the molecule is C[C@@H]1CN(C(=O)c2c(F)cc(C#N)cc2F)C[C@H]1C(N)=O. The van der Waals surface area contributed by atoms with Gasteiger partial charge in [-0.3, -0.25) is 9.59 Å². The second-order valence-corrected chi connectivity index (χ2v) is 5.12. The van der Waals surface area contributed by atoms with Gasteiger partial charge in [0, 0.05) is 13.1 Å². The normalized spacial score (nSPS) is 21.1. The molecule has 0 bridgehead atoms. The fourth-order valence-electron chi connectivity index (χ4n) is 2.50. The van der Waals surface area contributed by atoms with E-state index in [9.17, 15) is 18.4 Å². The molecule has 110 valence electrons. The molecule has 7 heteroatoms. The van der Waals surface area contributed by atoms with E-state index in [4.69, 9.17) is 11.0 Å². The van der Waals surface area contributed by atoms with Crippen LogP contribution in [0.15, 0.2) is 12.1 Å². The van der Waals surface area contributed by atoms with Crippen LogP contribution < -0.4 is 5.73 Å². The van der Waals surface area contributed by atoms with Crippen LogP contribution in [0.2, 0.25) is 0 Å². The van der Waals surface area contributed by atoms with Crippen molar-refractivity contribution in [2.45, 2.75) is 6.92 Å². The van der Waals surface area contributed by atoms with Crippen LogP contribution in [0.3, 0.4) is 0 Å². The molecule has 0 unspecified atom stereocenters. The number of amides is 2. The summed E-state index contributed by atoms with van der Waals surface area (Å²) in [4.78, 5) is 24.6. The first-order valence-electron chi connectivity index (χ1n) is 6.33. The molecule has 0 radical (unpaired) electrons. The molecular weight excluding hydrogens is 280 g/mol. The lowest BCUT2D eigenvalue weighted by Gasteiger charge is -2.17. The van der Waals surface area contributed by atoms with Crippen LogP contribution in [0.1, 0.15) is 22.8 Å². The Bertz CT molecular complexity index is 631. The molecule has 1 aromatic carbocycles. The third kappa shape index (κ3) is 2.70. The molecule has 2 atom stereocenters. The maximum atomic E-state index is 13.8. The number of hydrogen-bond acceptors (Lipinski definition) is 3. The Labute approximate surface area is 119 Å². The largest absolute Gasteiger partial charge is 0.369 e. The van der Waals surface area contributed by atoms with Gasteiger partial charge in [-0.1, -0.05) is 6.92 Å². The van der Waals surface area contributed by atoms with Gasteiger partial charge in [-0.25, -0.2) is 8.78 Å². The van der Waals surface area contributed by atoms with Gasteiger partial charge in [-0.2, -0.15) is 5.26 Å². The maximum Gasteiger partial charge on any atom is 0.259 e. The summed E-state index contributed by atoms with van der Waals surface area (Å²) >= 11 is 0. The number of nitrogens with two attached hydrogens (primary N) is 1. The fraction of sp³-hybridized carbons (Fsp3) is 0.357. The monoisotopic (exact) mass is 293 g/mol. The molecule has 21 heavy (non-hydrogen) atoms. The molecule has 0 saturated carbocycles. The van der Waals surface area contributed by atoms with Gasteiger partial charge in [0.15, 0.2) is 0 Å². The second kappa shape index (κ2) is 5.48. The van der Waals surface area contributed by atoms with Crippen molar-refractivity contribution >= 4 is 11.8 Å². The Morgan fingerprint density at radius 1 is 1.33 bits per heavy atom. The van der Waals surface area contributed by atoms with E-state index in [0.29, 0.717) is 0 Å². The first-order chi connectivity index (χ1) is 9.85. The van der Waals surface area contributed by atoms with Gasteiger partial charge in [0.2, 0.25) is 5.91 Å². The number of carbonyl (C=O) groups excluding carboxylic acids is 2. The number of halogens is 2. The Morgan fingerprint density at radius 3 is 2.33 bits per heavy atom. The van der Waals surface area contributed by atoms with Crippen molar-refractivity contribution in [3.05, 3.63) is 34.9 Å². The maximum absolute atomic E-state index is 13.8. The number of benzene rings is 1. The van der Waals surface area contributed by atoms with E-state index in [0.717, 1.165) is 12.1 Å². The zero-order valence-electron chi connectivity index (χ0n) is 11.3. The zero-order chi connectivity index (χ0) is 15.7. The van der Waals surface area contributed by atoms with Gasteiger partial charge >= 0.3 is 0 Å². The summed E-state index contributed by atoms with van der Waals surface area (Å²) in [7, 11) is 0. The standard InChI is InChI=1S/C14H13F2N3O2/c1-7-5-19(6-9(7)13(18)20)14(21)12-10(15)2-8(4-17)3-11(12)16/h2-3,7,9H,5-6H2,1H3,(H2,18,20)/t7-,9-/m1/s1. The summed E-state index contributed by atoms with van der Waals surface area (Å²) in [5, 5.41) is 8.63. The lowest BCUT2D eigenvalue weighted by Crippen LogP contribution is -2.33. The highest BCUT2D eigenvalue weighted by Gasteiger charge is 2.37. The van der Waals surface area contributed by atoms with E-state index in [1.807, 2.05) is 0 Å². The van der Waals surface area contributed by atoms with Crippen molar-refractivity contribution in [3.63, 3.8) is 0 Å². The Kier molecular flexibility index (Phi) is 3.89. The van der Waals surface area contributed by atoms with Gasteiger partial charge in [0.25, 0.3) is 5.91 Å². The molecule has 0 spiro atoms. The van der Waals surface area contributed by atoms with Crippen LogP contribution in [0.25, 0.3) is 0 Å². The van der Waals surface area contributed by atoms with Gasteiger partial charge in [-0.05, 0) is 18.1 Å². The Morgan fingerprint density at radius 2 is 1.90 bits per heavy atom. The van der Waals surface area contributed by atoms with Gasteiger partial charge in [-0.15, -0.1) is 0 Å². The minimum absolute atomic E-state index is 0.0359. The summed E-state index contributed by atoms with van der Waals surface area (Å²) in [5.74, 6) is -4.27. The second-order valence-electron chi connectivity index (χ2n) is 5.12. The predicted molar refractivity (Wildman–Crippen MR) is 68.8 cm³/mol. The number of carbonyl (C=O) groups is 2. The summed E-state index contributed by atoms with van der Waals surface area (Å²) in [5.41, 5.74) is 4.31. The highest BCUT2D eigenvalue weighted by Crippen LogP contribution is 2.26. The molecule has 1 fully saturated rings. The molecule has 5 nitrogen and oxygen atoms in total. The lowest BCUT2D eigenvalue weighted by molar-refractivity contribution is -0.122. The molecule has 0 aromatic heterocycles. The lowest BCUT2D eigenvalue weighted by atomic mass is 9.98. The third-order valence-corrected chi connectivity index (χ3v) is 3.65. The first kappa shape index (κ1) is 14.9. The van der Waals surface area contributed by atoms with Gasteiger partial charge < -0.3 is 10.6 Å². The Balaban J connectivity index is 2.30. The number of hydrogen-bond donors (Lipinski definition) is 1. The van der Waals surface area contributed by atoms with Crippen LogP contribution in [0, 0.1) is 34.8 Å². The van der Waals surface area contributed by atoms with Crippen LogP contribution in [-0.2, 0) is 4.79 Å². The average Bonchev–Trinajstić information content (AvgIpc) is 2.79. The predicted octanol–water partition coefficient (Wildman–Crippen LogP) is 1.03. The highest BCUT2D eigenvalue weighted by molar-refractivity contribution is 5.95. The van der Waals surface area contributed by atoms with Crippen molar-refractivity contribution in [2.75, 3.05) is 13.1 Å². The molecule has 1 aliphatic heterocycles. The molecule has 1 heterocycles. The number of likely N-dealkylation sites (tertiary alicyclic amines) is 1. The van der Waals surface area contributed by atoms with Crippen LogP contribution >= 0.6 is 0 Å². The van der Waals surface area contributed by atoms with Crippen molar-refractivity contribution in [3.8, 4) is 6.07 Å². The van der Waals surface area contributed by atoms with E-state index < -0.39 is 34.9 Å². The van der Waals surface area contributed by atoms with Crippen molar-refractivity contribution in [1.82, 2.24) is 4.90 Å². The number of rotatable bonds is 2. The van der Waals surface area contributed by atoms with Crippen LogP contribution in [-0.4, -0.2) is 29.8 Å². The van der Waals surface area contributed by atoms with Gasteiger partial charge in [0.1, 0.15) is 17.2 Å². The minimum Gasteiger partial charge on any atom is -0.369 e. The van der Waals surface area contributed by atoms with E-state index in [2.05, 4.69) is 0 Å². The molecule has 2 N–H and O–H groups in total. The average molecular weight is 293 g/mol. The Hall–Kier alpha value is -2.49. The third-order valence-electron chi connectivity index (χ3n) is 3.65. The van der Waals surface area contributed by atoms with E-state index in [1.54, 1.807) is 13.0 Å². The van der Waals surface area contributed by atoms with Gasteiger partial charge in [0.05, 0.1) is 17.6 Å². The topological polar surface area (TPSA) is 87.2 Å². The quantitative estimate of drug-likeness (QED) is 0.883. The summed E-state index contributed by atoms with van der Waals surface area (Å²) in [6, 6.07) is 3.22.